The zero-order chi connectivity index (χ0) is 11.2. The third kappa shape index (κ3) is 6.01. The average molecular weight is 197 g/mol. The smallest absolute Gasteiger partial charge is 0.101 e. The van der Waals surface area contributed by atoms with E-state index in [0.29, 0.717) is 12.0 Å². The fourth-order valence-electron chi connectivity index (χ4n) is 1.15. The monoisotopic (exact) mass is 197 g/mol. The van der Waals surface area contributed by atoms with Gasteiger partial charge in [0.25, 0.3) is 0 Å². The quantitative estimate of drug-likeness (QED) is 0.681. The van der Waals surface area contributed by atoms with Crippen LogP contribution in [0.5, 0.6) is 0 Å². The Balaban J connectivity index is 3.92. The standard InChI is InChI=1S/C12H23NO/c1-7-12(5,10-14-6)13-9-8-11(2,3)4/h1,13H,8-10H2,2-6H3. The summed E-state index contributed by atoms with van der Waals surface area (Å²) in [5.41, 5.74) is 0.00950. The highest BCUT2D eigenvalue weighted by Gasteiger charge is 2.21. The van der Waals surface area contributed by atoms with Gasteiger partial charge in [-0.3, -0.25) is 5.32 Å². The number of nitrogens with one attached hydrogen (secondary N) is 1. The molecule has 2 heteroatoms. The van der Waals surface area contributed by atoms with Crippen LogP contribution in [0.2, 0.25) is 0 Å². The summed E-state index contributed by atoms with van der Waals surface area (Å²) in [4.78, 5) is 0. The molecule has 0 aromatic carbocycles. The molecule has 0 radical (unpaired) electrons. The lowest BCUT2D eigenvalue weighted by Crippen LogP contribution is -2.46. The molecule has 0 aromatic rings. The predicted molar refractivity (Wildman–Crippen MR) is 61.2 cm³/mol. The van der Waals surface area contributed by atoms with Crippen LogP contribution >= 0.6 is 0 Å². The van der Waals surface area contributed by atoms with Crippen molar-refractivity contribution in [1.82, 2.24) is 5.32 Å². The Kier molecular flexibility index (Phi) is 5.18. The van der Waals surface area contributed by atoms with Crippen LogP contribution in [-0.2, 0) is 4.74 Å². The van der Waals surface area contributed by atoms with Gasteiger partial charge in [0, 0.05) is 7.11 Å². The molecule has 0 saturated heterocycles. The second-order valence-electron chi connectivity index (χ2n) is 5.15. The van der Waals surface area contributed by atoms with Crippen molar-refractivity contribution in [2.45, 2.75) is 39.7 Å². The minimum atomic E-state index is -0.333. The Hall–Kier alpha value is -0.520. The largest absolute Gasteiger partial charge is 0.382 e. The van der Waals surface area contributed by atoms with Gasteiger partial charge in [0.05, 0.1) is 6.61 Å². The first-order valence-electron chi connectivity index (χ1n) is 5.05. The van der Waals surface area contributed by atoms with Crippen LogP contribution in [0.15, 0.2) is 0 Å². The Bertz CT molecular complexity index is 199. The van der Waals surface area contributed by atoms with Gasteiger partial charge in [0.15, 0.2) is 0 Å². The molecule has 0 rings (SSSR count). The van der Waals surface area contributed by atoms with Gasteiger partial charge in [-0.15, -0.1) is 6.42 Å². The van der Waals surface area contributed by atoms with E-state index < -0.39 is 0 Å². The summed E-state index contributed by atoms with van der Waals surface area (Å²) in [6, 6.07) is 0. The van der Waals surface area contributed by atoms with Crippen LogP contribution in [0.25, 0.3) is 0 Å². The van der Waals surface area contributed by atoms with Crippen LogP contribution in [0.1, 0.15) is 34.1 Å². The molecule has 2 nitrogen and oxygen atoms in total. The van der Waals surface area contributed by atoms with E-state index in [9.17, 15) is 0 Å². The lowest BCUT2D eigenvalue weighted by molar-refractivity contribution is 0.144. The second-order valence-corrected chi connectivity index (χ2v) is 5.15. The fourth-order valence-corrected chi connectivity index (χ4v) is 1.15. The molecule has 1 N–H and O–H groups in total. The van der Waals surface area contributed by atoms with Crippen molar-refractivity contribution < 1.29 is 4.74 Å². The maximum absolute atomic E-state index is 5.45. The van der Waals surface area contributed by atoms with Crippen molar-refractivity contribution >= 4 is 0 Å². The molecule has 0 aromatic heterocycles. The number of hydrogen-bond acceptors (Lipinski definition) is 2. The van der Waals surface area contributed by atoms with Gasteiger partial charge in [-0.25, -0.2) is 0 Å². The molecule has 0 aliphatic heterocycles. The lowest BCUT2D eigenvalue weighted by atomic mass is 9.92. The first-order chi connectivity index (χ1) is 6.33. The van der Waals surface area contributed by atoms with E-state index in [2.05, 4.69) is 32.0 Å². The molecule has 0 spiro atoms. The summed E-state index contributed by atoms with van der Waals surface area (Å²) < 4.78 is 5.08. The lowest BCUT2D eigenvalue weighted by Gasteiger charge is -2.26. The number of methoxy groups -OCH3 is 1. The Labute approximate surface area is 88.4 Å². The van der Waals surface area contributed by atoms with Crippen molar-refractivity contribution in [3.05, 3.63) is 0 Å². The zero-order valence-electron chi connectivity index (χ0n) is 10.1. The van der Waals surface area contributed by atoms with Gasteiger partial charge in [0.1, 0.15) is 5.54 Å². The number of rotatable bonds is 5. The molecule has 0 fully saturated rings. The number of ether oxygens (including phenoxy) is 1. The van der Waals surface area contributed by atoms with E-state index in [-0.39, 0.29) is 5.54 Å². The van der Waals surface area contributed by atoms with Crippen molar-refractivity contribution in [3.63, 3.8) is 0 Å². The molecular formula is C12H23NO. The Morgan fingerprint density at radius 2 is 1.86 bits per heavy atom. The molecule has 0 aliphatic rings. The number of terminal acetylenes is 1. The highest BCUT2D eigenvalue weighted by atomic mass is 16.5. The molecule has 0 amide bonds. The van der Waals surface area contributed by atoms with Gasteiger partial charge in [-0.05, 0) is 25.3 Å². The first-order valence-corrected chi connectivity index (χ1v) is 5.05. The zero-order valence-corrected chi connectivity index (χ0v) is 10.1. The first kappa shape index (κ1) is 13.5. The summed E-state index contributed by atoms with van der Waals surface area (Å²) in [5, 5.41) is 3.34. The van der Waals surface area contributed by atoms with E-state index >= 15 is 0 Å². The van der Waals surface area contributed by atoms with Crippen molar-refractivity contribution in [2.75, 3.05) is 20.3 Å². The van der Waals surface area contributed by atoms with Gasteiger partial charge >= 0.3 is 0 Å². The second kappa shape index (κ2) is 5.38. The van der Waals surface area contributed by atoms with Crippen LogP contribution in [0.4, 0.5) is 0 Å². The van der Waals surface area contributed by atoms with Gasteiger partial charge < -0.3 is 4.74 Å². The summed E-state index contributed by atoms with van der Waals surface area (Å²) >= 11 is 0. The van der Waals surface area contributed by atoms with E-state index in [0.717, 1.165) is 13.0 Å². The van der Waals surface area contributed by atoms with Crippen LogP contribution in [-0.4, -0.2) is 25.8 Å². The molecule has 1 unspecified atom stereocenters. The molecule has 0 aliphatic carbocycles. The van der Waals surface area contributed by atoms with Crippen molar-refractivity contribution in [3.8, 4) is 12.3 Å². The third-order valence-corrected chi connectivity index (χ3v) is 2.14. The third-order valence-electron chi connectivity index (χ3n) is 2.14. The van der Waals surface area contributed by atoms with E-state index in [1.165, 1.54) is 0 Å². The summed E-state index contributed by atoms with van der Waals surface area (Å²) in [6.45, 7) is 10.1. The van der Waals surface area contributed by atoms with Crippen molar-refractivity contribution in [1.29, 1.82) is 0 Å². The van der Waals surface area contributed by atoms with E-state index in [1.54, 1.807) is 7.11 Å². The van der Waals surface area contributed by atoms with Gasteiger partial charge in [-0.2, -0.15) is 0 Å². The average Bonchev–Trinajstić information content (AvgIpc) is 2.02. The molecule has 14 heavy (non-hydrogen) atoms. The normalized spacial score (nSPS) is 16.0. The molecule has 0 heterocycles. The van der Waals surface area contributed by atoms with E-state index in [1.807, 2.05) is 6.92 Å². The Morgan fingerprint density at radius 3 is 2.21 bits per heavy atom. The van der Waals surface area contributed by atoms with Crippen LogP contribution < -0.4 is 5.32 Å². The van der Waals surface area contributed by atoms with Gasteiger partial charge in [-0.1, -0.05) is 26.7 Å². The molecule has 1 atom stereocenters. The Morgan fingerprint density at radius 1 is 1.29 bits per heavy atom. The maximum Gasteiger partial charge on any atom is 0.101 e. The van der Waals surface area contributed by atoms with Crippen molar-refractivity contribution in [2.24, 2.45) is 5.41 Å². The summed E-state index contributed by atoms with van der Waals surface area (Å²) in [7, 11) is 1.67. The molecule has 0 bridgehead atoms. The molecule has 82 valence electrons. The summed E-state index contributed by atoms with van der Waals surface area (Å²) in [6.07, 6.45) is 6.56. The molecular weight excluding hydrogens is 174 g/mol. The molecule has 0 saturated carbocycles. The minimum Gasteiger partial charge on any atom is -0.382 e. The fraction of sp³-hybridized carbons (Fsp3) is 0.833. The van der Waals surface area contributed by atoms with Crippen LogP contribution in [0.3, 0.4) is 0 Å². The topological polar surface area (TPSA) is 21.3 Å². The SMILES string of the molecule is C#CC(C)(COC)NCCC(C)(C)C. The highest BCUT2D eigenvalue weighted by Crippen LogP contribution is 2.17. The summed E-state index contributed by atoms with van der Waals surface area (Å²) in [5.74, 6) is 2.73. The van der Waals surface area contributed by atoms with Crippen LogP contribution in [0, 0.1) is 17.8 Å². The van der Waals surface area contributed by atoms with Gasteiger partial charge in [0.2, 0.25) is 0 Å². The number of hydrogen-bond donors (Lipinski definition) is 1. The van der Waals surface area contributed by atoms with E-state index in [4.69, 9.17) is 11.2 Å². The maximum atomic E-state index is 5.45. The highest BCUT2D eigenvalue weighted by molar-refractivity contribution is 5.10. The minimum absolute atomic E-state index is 0.333. The predicted octanol–water partition coefficient (Wildman–Crippen LogP) is 2.05.